The molecule has 0 bridgehead atoms. The first-order valence-corrected chi connectivity index (χ1v) is 4.33. The van der Waals surface area contributed by atoms with Crippen LogP contribution in [0, 0.1) is 0 Å². The minimum Gasteiger partial charge on any atom is -0.474 e. The smallest absolute Gasteiger partial charge is 0.232 e. The Labute approximate surface area is 83.6 Å². The minimum atomic E-state index is 0.484. The molecule has 0 aromatic carbocycles. The molecule has 0 N–H and O–H groups in total. The van der Waals surface area contributed by atoms with Gasteiger partial charge in [-0.3, -0.25) is 0 Å². The largest absolute Gasteiger partial charge is 0.474 e. The topological polar surface area (TPSA) is 44.2 Å². The van der Waals surface area contributed by atoms with Crippen LogP contribution in [0.4, 0.5) is 0 Å². The molecular formula is C10H14N2O2. The first-order chi connectivity index (χ1) is 6.74. The second-order valence-electron chi connectivity index (χ2n) is 2.86. The summed E-state index contributed by atoms with van der Waals surface area (Å²) in [5.74, 6) is 0.507. The lowest BCUT2D eigenvalue weighted by atomic mass is 10.3. The molecule has 0 amide bonds. The molecule has 0 aliphatic heterocycles. The molecule has 0 saturated heterocycles. The number of allylic oxidation sites excluding steroid dienone is 1. The van der Waals surface area contributed by atoms with Gasteiger partial charge in [0.1, 0.15) is 6.61 Å². The molecule has 0 fully saturated rings. The third-order valence-corrected chi connectivity index (χ3v) is 1.60. The van der Waals surface area contributed by atoms with Gasteiger partial charge in [0.2, 0.25) is 5.88 Å². The fraction of sp³-hybridized carbons (Fsp3) is 0.400. The zero-order chi connectivity index (χ0) is 10.4. The van der Waals surface area contributed by atoms with Crippen LogP contribution in [-0.2, 0) is 4.74 Å². The third kappa shape index (κ3) is 3.14. The Morgan fingerprint density at radius 2 is 2.14 bits per heavy atom. The lowest BCUT2D eigenvalue weighted by Crippen LogP contribution is -2.05. The molecular weight excluding hydrogens is 180 g/mol. The summed E-state index contributed by atoms with van der Waals surface area (Å²) in [5.41, 5.74) is 1.67. The van der Waals surface area contributed by atoms with Crippen LogP contribution in [0.5, 0.6) is 5.88 Å². The highest BCUT2D eigenvalue weighted by Crippen LogP contribution is 2.09. The van der Waals surface area contributed by atoms with Crippen molar-refractivity contribution in [2.45, 2.75) is 6.92 Å². The van der Waals surface area contributed by atoms with Crippen molar-refractivity contribution in [3.63, 3.8) is 0 Å². The molecule has 4 heteroatoms. The van der Waals surface area contributed by atoms with E-state index in [1.165, 1.54) is 0 Å². The maximum Gasteiger partial charge on any atom is 0.232 e. The van der Waals surface area contributed by atoms with E-state index in [2.05, 4.69) is 16.5 Å². The average Bonchev–Trinajstić information content (AvgIpc) is 2.19. The molecule has 76 valence electrons. The van der Waals surface area contributed by atoms with E-state index in [0.717, 1.165) is 11.3 Å². The summed E-state index contributed by atoms with van der Waals surface area (Å²) in [5, 5.41) is 0. The maximum atomic E-state index is 5.25. The Balaban J connectivity index is 2.51. The van der Waals surface area contributed by atoms with Crippen LogP contribution < -0.4 is 4.74 Å². The van der Waals surface area contributed by atoms with Gasteiger partial charge in [-0.15, -0.1) is 0 Å². The Hall–Kier alpha value is -1.42. The molecule has 0 radical (unpaired) electrons. The molecule has 4 nitrogen and oxygen atoms in total. The van der Waals surface area contributed by atoms with Gasteiger partial charge in [0.15, 0.2) is 0 Å². The van der Waals surface area contributed by atoms with Crippen LogP contribution >= 0.6 is 0 Å². The summed E-state index contributed by atoms with van der Waals surface area (Å²) in [4.78, 5) is 8.20. The molecule has 1 heterocycles. The van der Waals surface area contributed by atoms with E-state index in [-0.39, 0.29) is 0 Å². The van der Waals surface area contributed by atoms with Gasteiger partial charge in [-0.25, -0.2) is 9.97 Å². The van der Waals surface area contributed by atoms with Gasteiger partial charge in [-0.1, -0.05) is 6.58 Å². The highest BCUT2D eigenvalue weighted by atomic mass is 16.5. The van der Waals surface area contributed by atoms with E-state index in [9.17, 15) is 0 Å². The van der Waals surface area contributed by atoms with Crippen molar-refractivity contribution in [2.75, 3.05) is 20.3 Å². The molecule has 0 spiro atoms. The summed E-state index contributed by atoms with van der Waals surface area (Å²) < 4.78 is 10.1. The second-order valence-corrected chi connectivity index (χ2v) is 2.86. The maximum absolute atomic E-state index is 5.25. The summed E-state index contributed by atoms with van der Waals surface area (Å²) in [6, 6.07) is 0. The molecule has 0 aliphatic carbocycles. The number of nitrogens with zero attached hydrogens (tertiary/aromatic N) is 2. The van der Waals surface area contributed by atoms with Crippen molar-refractivity contribution in [3.05, 3.63) is 24.7 Å². The number of hydrogen-bond acceptors (Lipinski definition) is 4. The fourth-order valence-corrected chi connectivity index (χ4v) is 0.841. The SMILES string of the molecule is C=C(C)c1cnc(OCCOC)cn1. The summed E-state index contributed by atoms with van der Waals surface area (Å²) >= 11 is 0. The monoisotopic (exact) mass is 194 g/mol. The standard InChI is InChI=1S/C10H14N2O2/c1-8(2)9-6-12-10(7-11-9)14-5-4-13-3/h6-7H,1,4-5H2,2-3H3. The Morgan fingerprint density at radius 3 is 2.64 bits per heavy atom. The molecule has 1 aromatic rings. The normalized spacial score (nSPS) is 9.86. The fourth-order valence-electron chi connectivity index (χ4n) is 0.841. The molecule has 0 unspecified atom stereocenters. The van der Waals surface area contributed by atoms with Gasteiger partial charge in [-0.05, 0) is 12.5 Å². The van der Waals surface area contributed by atoms with Gasteiger partial charge in [0.05, 0.1) is 24.7 Å². The van der Waals surface area contributed by atoms with E-state index in [4.69, 9.17) is 9.47 Å². The predicted octanol–water partition coefficient (Wildman–Crippen LogP) is 1.53. The van der Waals surface area contributed by atoms with Crippen LogP contribution in [0.15, 0.2) is 19.0 Å². The Bertz CT molecular complexity index is 295. The van der Waals surface area contributed by atoms with Crippen molar-refractivity contribution >= 4 is 5.57 Å². The second kappa shape index (κ2) is 5.34. The molecule has 0 atom stereocenters. The van der Waals surface area contributed by atoms with E-state index >= 15 is 0 Å². The summed E-state index contributed by atoms with van der Waals surface area (Å²) in [7, 11) is 1.62. The van der Waals surface area contributed by atoms with Gasteiger partial charge in [0.25, 0.3) is 0 Å². The van der Waals surface area contributed by atoms with E-state index < -0.39 is 0 Å². The van der Waals surface area contributed by atoms with Crippen molar-refractivity contribution < 1.29 is 9.47 Å². The van der Waals surface area contributed by atoms with Gasteiger partial charge < -0.3 is 9.47 Å². The van der Waals surface area contributed by atoms with Crippen molar-refractivity contribution in [1.82, 2.24) is 9.97 Å². The lowest BCUT2D eigenvalue weighted by Gasteiger charge is -2.04. The first kappa shape index (κ1) is 10.7. The lowest BCUT2D eigenvalue weighted by molar-refractivity contribution is 0.143. The van der Waals surface area contributed by atoms with Crippen LogP contribution in [-0.4, -0.2) is 30.3 Å². The number of aromatic nitrogens is 2. The van der Waals surface area contributed by atoms with E-state index in [1.807, 2.05) is 6.92 Å². The molecule has 0 saturated carbocycles. The predicted molar refractivity (Wildman–Crippen MR) is 54.1 cm³/mol. The highest BCUT2D eigenvalue weighted by Gasteiger charge is 1.98. The van der Waals surface area contributed by atoms with E-state index in [0.29, 0.717) is 19.1 Å². The molecule has 1 rings (SSSR count). The molecule has 0 aliphatic rings. The van der Waals surface area contributed by atoms with Gasteiger partial charge in [0, 0.05) is 7.11 Å². The molecule has 14 heavy (non-hydrogen) atoms. The van der Waals surface area contributed by atoms with E-state index in [1.54, 1.807) is 19.5 Å². The number of methoxy groups -OCH3 is 1. The van der Waals surface area contributed by atoms with Crippen molar-refractivity contribution in [1.29, 1.82) is 0 Å². The number of rotatable bonds is 5. The average molecular weight is 194 g/mol. The first-order valence-electron chi connectivity index (χ1n) is 4.33. The molecule has 1 aromatic heterocycles. The minimum absolute atomic E-state index is 0.484. The van der Waals surface area contributed by atoms with Crippen molar-refractivity contribution in [2.24, 2.45) is 0 Å². The zero-order valence-corrected chi connectivity index (χ0v) is 8.49. The third-order valence-electron chi connectivity index (χ3n) is 1.60. The quantitative estimate of drug-likeness (QED) is 0.667. The Morgan fingerprint density at radius 1 is 1.36 bits per heavy atom. The van der Waals surface area contributed by atoms with Crippen LogP contribution in [0.3, 0.4) is 0 Å². The zero-order valence-electron chi connectivity index (χ0n) is 8.49. The summed E-state index contributed by atoms with van der Waals surface area (Å²) in [6.07, 6.45) is 3.23. The summed E-state index contributed by atoms with van der Waals surface area (Å²) in [6.45, 7) is 6.68. The number of ether oxygens (including phenoxy) is 2. The van der Waals surface area contributed by atoms with Crippen LogP contribution in [0.1, 0.15) is 12.6 Å². The van der Waals surface area contributed by atoms with Crippen LogP contribution in [0.25, 0.3) is 5.57 Å². The van der Waals surface area contributed by atoms with Gasteiger partial charge in [-0.2, -0.15) is 0 Å². The number of hydrogen-bond donors (Lipinski definition) is 0. The highest BCUT2D eigenvalue weighted by molar-refractivity contribution is 5.56. The van der Waals surface area contributed by atoms with Crippen molar-refractivity contribution in [3.8, 4) is 5.88 Å². The van der Waals surface area contributed by atoms with Gasteiger partial charge >= 0.3 is 0 Å². The van der Waals surface area contributed by atoms with Crippen LogP contribution in [0.2, 0.25) is 0 Å². The Kier molecular flexibility index (Phi) is 4.07.